The van der Waals surface area contributed by atoms with Crippen LogP contribution in [0.4, 0.5) is 4.79 Å². The summed E-state index contributed by atoms with van der Waals surface area (Å²) in [6.07, 6.45) is 33.0. The second kappa shape index (κ2) is 38.4. The van der Waals surface area contributed by atoms with E-state index in [2.05, 4.69) is 27.7 Å². The predicted molar refractivity (Wildman–Crippen MR) is 238 cm³/mol. The molecule has 0 aliphatic carbocycles. The lowest BCUT2D eigenvalue weighted by atomic mass is 9.94. The summed E-state index contributed by atoms with van der Waals surface area (Å²) in [5.74, 6) is 0.349. The van der Waals surface area contributed by atoms with Crippen molar-refractivity contribution in [1.82, 2.24) is 0 Å². The van der Waals surface area contributed by atoms with Gasteiger partial charge in [-0.1, -0.05) is 156 Å². The average molecular weight is 817 g/mol. The minimum Gasteiger partial charge on any atom is -0.508 e. The number of carbonyl (C=O) groups is 3. The minimum atomic E-state index is -0.760. The average Bonchev–Trinajstić information content (AvgIpc) is 3.22. The maximum Gasteiger partial charge on any atom is 0.514 e. The number of ether oxygens (including phenoxy) is 4. The van der Waals surface area contributed by atoms with Crippen molar-refractivity contribution >= 4 is 18.1 Å². The number of aromatic hydroxyl groups is 1. The lowest BCUT2D eigenvalue weighted by Gasteiger charge is -2.18. The van der Waals surface area contributed by atoms with E-state index in [0.717, 1.165) is 89.9 Å². The van der Waals surface area contributed by atoms with Crippen molar-refractivity contribution in [1.29, 1.82) is 0 Å². The number of carbonyl (C=O) groups excluding carboxylic acids is 3. The summed E-state index contributed by atoms with van der Waals surface area (Å²) in [5, 5.41) is 9.58. The van der Waals surface area contributed by atoms with E-state index in [0.29, 0.717) is 31.8 Å². The van der Waals surface area contributed by atoms with Gasteiger partial charge in [-0.2, -0.15) is 0 Å². The first kappa shape index (κ1) is 53.2. The van der Waals surface area contributed by atoms with Gasteiger partial charge in [0.25, 0.3) is 0 Å². The molecule has 1 rings (SSSR count). The van der Waals surface area contributed by atoms with Gasteiger partial charge >= 0.3 is 18.1 Å². The molecule has 0 saturated carbocycles. The summed E-state index contributed by atoms with van der Waals surface area (Å²) in [7, 11) is 0. The Kier molecular flexibility index (Phi) is 35.3. The van der Waals surface area contributed by atoms with Crippen LogP contribution in [0.2, 0.25) is 0 Å². The first-order chi connectivity index (χ1) is 28.3. The number of hydrogen-bond donors (Lipinski definition) is 1. The largest absolute Gasteiger partial charge is 0.514 e. The van der Waals surface area contributed by atoms with Crippen molar-refractivity contribution in [2.24, 2.45) is 11.8 Å². The molecule has 0 saturated heterocycles. The first-order valence-electron chi connectivity index (χ1n) is 24.3. The lowest BCUT2D eigenvalue weighted by molar-refractivity contribution is -0.150. The van der Waals surface area contributed by atoms with Gasteiger partial charge in [0.15, 0.2) is 0 Å². The van der Waals surface area contributed by atoms with Crippen LogP contribution in [0, 0.1) is 11.8 Å². The van der Waals surface area contributed by atoms with Gasteiger partial charge in [-0.15, -0.1) is 0 Å². The molecule has 0 heterocycles. The Balaban J connectivity index is 2.57. The Morgan fingerprint density at radius 1 is 0.448 bits per heavy atom. The van der Waals surface area contributed by atoms with Crippen LogP contribution >= 0.6 is 0 Å². The highest BCUT2D eigenvalue weighted by atomic mass is 16.7. The van der Waals surface area contributed by atoms with Crippen molar-refractivity contribution in [3.8, 4) is 11.5 Å². The SMILES string of the molecule is CCCCCCCCC(CCCCCC)C(=O)OCCCCCC(CCCCCOC(=O)C(CCCCCC)CCCCCCCC)OC(=O)Oc1ccc(O)cc1. The molecule has 2 unspecified atom stereocenters. The summed E-state index contributed by atoms with van der Waals surface area (Å²) < 4.78 is 22.8. The summed E-state index contributed by atoms with van der Waals surface area (Å²) in [6, 6.07) is 5.99. The van der Waals surface area contributed by atoms with Gasteiger partial charge in [-0.3, -0.25) is 9.59 Å². The van der Waals surface area contributed by atoms with Gasteiger partial charge in [0.05, 0.1) is 25.0 Å². The van der Waals surface area contributed by atoms with Crippen molar-refractivity contribution < 1.29 is 38.4 Å². The summed E-state index contributed by atoms with van der Waals surface area (Å²) in [6.45, 7) is 9.74. The minimum absolute atomic E-state index is 0.00556. The standard InChI is InChI=1S/C50H88O8/c1-5-9-13-17-19-25-33-43(31-23-15-11-7-3)48(52)55-41-29-21-27-35-46(57-50(54)58-47-39-37-45(51)38-40-47)36-28-22-30-42-56-49(53)44(32-24-16-12-8-4)34-26-20-18-14-10-6-2/h37-40,43-44,46,51H,5-36,41-42H2,1-4H3. The van der Waals surface area contributed by atoms with Gasteiger partial charge in [-0.05, 0) is 101 Å². The Morgan fingerprint density at radius 2 is 0.776 bits per heavy atom. The van der Waals surface area contributed by atoms with Gasteiger partial charge in [0.1, 0.15) is 17.6 Å². The van der Waals surface area contributed by atoms with E-state index in [-0.39, 0.29) is 35.6 Å². The molecule has 0 bridgehead atoms. The fraction of sp³-hybridized carbons (Fsp3) is 0.820. The van der Waals surface area contributed by atoms with Gasteiger partial charge in [-0.25, -0.2) is 4.79 Å². The molecule has 336 valence electrons. The van der Waals surface area contributed by atoms with Crippen LogP contribution in [0.15, 0.2) is 24.3 Å². The molecule has 0 aliphatic heterocycles. The number of rotatable bonds is 40. The van der Waals surface area contributed by atoms with E-state index in [1.807, 2.05) is 0 Å². The highest BCUT2D eigenvalue weighted by Gasteiger charge is 2.21. The molecule has 8 nitrogen and oxygen atoms in total. The summed E-state index contributed by atoms with van der Waals surface area (Å²) in [4.78, 5) is 38.9. The Bertz CT molecular complexity index is 1050. The van der Waals surface area contributed by atoms with Crippen molar-refractivity contribution in [2.45, 2.75) is 239 Å². The number of phenolic OH excluding ortho intramolecular Hbond substituents is 1. The second-order valence-corrected chi connectivity index (χ2v) is 16.8. The van der Waals surface area contributed by atoms with Gasteiger partial charge in [0.2, 0.25) is 0 Å². The molecule has 0 radical (unpaired) electrons. The third-order valence-electron chi connectivity index (χ3n) is 11.4. The molecule has 0 fully saturated rings. The molecule has 0 aliphatic rings. The van der Waals surface area contributed by atoms with Crippen LogP contribution in [0.5, 0.6) is 11.5 Å². The zero-order valence-electron chi connectivity index (χ0n) is 37.9. The van der Waals surface area contributed by atoms with E-state index in [9.17, 15) is 19.5 Å². The molecule has 0 spiro atoms. The molecular formula is C50H88O8. The van der Waals surface area contributed by atoms with E-state index < -0.39 is 6.16 Å². The van der Waals surface area contributed by atoms with Gasteiger partial charge < -0.3 is 24.1 Å². The first-order valence-corrected chi connectivity index (χ1v) is 24.3. The van der Waals surface area contributed by atoms with Crippen LogP contribution in [-0.4, -0.2) is 42.5 Å². The molecular weight excluding hydrogens is 729 g/mol. The zero-order valence-corrected chi connectivity index (χ0v) is 37.9. The third-order valence-corrected chi connectivity index (χ3v) is 11.4. The third kappa shape index (κ3) is 30.3. The molecule has 1 aromatic rings. The van der Waals surface area contributed by atoms with E-state index in [4.69, 9.17) is 18.9 Å². The fourth-order valence-corrected chi connectivity index (χ4v) is 7.65. The number of phenols is 1. The summed E-state index contributed by atoms with van der Waals surface area (Å²) in [5.41, 5.74) is 0. The Labute approximate surface area is 355 Å². The molecule has 0 aromatic heterocycles. The summed E-state index contributed by atoms with van der Waals surface area (Å²) >= 11 is 0. The highest BCUT2D eigenvalue weighted by Crippen LogP contribution is 2.24. The molecule has 0 amide bonds. The molecule has 8 heteroatoms. The van der Waals surface area contributed by atoms with E-state index in [1.165, 1.54) is 127 Å². The Hall–Kier alpha value is -2.77. The van der Waals surface area contributed by atoms with E-state index >= 15 is 0 Å². The molecule has 58 heavy (non-hydrogen) atoms. The van der Waals surface area contributed by atoms with Crippen LogP contribution in [0.25, 0.3) is 0 Å². The molecule has 2 atom stereocenters. The van der Waals surface area contributed by atoms with Crippen LogP contribution in [0.3, 0.4) is 0 Å². The fourth-order valence-electron chi connectivity index (χ4n) is 7.65. The highest BCUT2D eigenvalue weighted by molar-refractivity contribution is 5.72. The predicted octanol–water partition coefficient (Wildman–Crippen LogP) is 15.2. The quantitative estimate of drug-likeness (QED) is 0.0302. The number of esters is 2. The Morgan fingerprint density at radius 3 is 1.17 bits per heavy atom. The van der Waals surface area contributed by atoms with Crippen LogP contribution in [0.1, 0.15) is 233 Å². The maximum atomic E-state index is 13.1. The van der Waals surface area contributed by atoms with Crippen molar-refractivity contribution in [3.05, 3.63) is 24.3 Å². The maximum absolute atomic E-state index is 13.1. The number of hydrogen-bond acceptors (Lipinski definition) is 8. The van der Waals surface area contributed by atoms with E-state index in [1.54, 1.807) is 0 Å². The van der Waals surface area contributed by atoms with Crippen molar-refractivity contribution in [2.75, 3.05) is 13.2 Å². The number of unbranched alkanes of at least 4 members (excludes halogenated alkanes) is 20. The topological polar surface area (TPSA) is 108 Å². The van der Waals surface area contributed by atoms with Crippen LogP contribution in [-0.2, 0) is 23.8 Å². The lowest BCUT2D eigenvalue weighted by Crippen LogP contribution is -2.21. The molecule has 1 aromatic carbocycles. The second-order valence-electron chi connectivity index (χ2n) is 16.8. The zero-order chi connectivity index (χ0) is 42.3. The smallest absolute Gasteiger partial charge is 0.508 e. The number of benzene rings is 1. The normalized spacial score (nSPS) is 12.8. The molecule has 1 N–H and O–H groups in total. The van der Waals surface area contributed by atoms with Crippen molar-refractivity contribution in [3.63, 3.8) is 0 Å². The monoisotopic (exact) mass is 817 g/mol. The van der Waals surface area contributed by atoms with Crippen LogP contribution < -0.4 is 4.74 Å². The van der Waals surface area contributed by atoms with Gasteiger partial charge in [0, 0.05) is 0 Å².